The second kappa shape index (κ2) is 4.22. The van der Waals surface area contributed by atoms with Gasteiger partial charge in [0.2, 0.25) is 10.0 Å². The van der Waals surface area contributed by atoms with Crippen molar-refractivity contribution in [1.29, 1.82) is 5.26 Å². The van der Waals surface area contributed by atoms with Crippen molar-refractivity contribution >= 4 is 10.0 Å². The normalized spacial score (nSPS) is 11.2. The molecule has 5 heteroatoms. The van der Waals surface area contributed by atoms with Crippen LogP contribution < -0.4 is 0 Å². The highest BCUT2D eigenvalue weighted by atomic mass is 32.2. The fraction of sp³-hybridized carbons (Fsp3) is 0.222. The molecule has 1 rings (SSSR count). The molecule has 4 nitrogen and oxygen atoms in total. The first-order valence-corrected chi connectivity index (χ1v) is 5.41. The molecular weight excluding hydrogens is 200 g/mol. The van der Waals surface area contributed by atoms with Crippen LogP contribution >= 0.6 is 0 Å². The summed E-state index contributed by atoms with van der Waals surface area (Å²) in [5, 5.41) is 8.39. The van der Waals surface area contributed by atoms with Crippen molar-refractivity contribution in [3.8, 4) is 6.07 Å². The first-order chi connectivity index (χ1) is 6.59. The SMILES string of the molecule is CN(CC#N)S(=O)(=O)c1ccccc1. The van der Waals surface area contributed by atoms with Crippen LogP contribution in [0.5, 0.6) is 0 Å². The van der Waals surface area contributed by atoms with Crippen molar-refractivity contribution in [2.45, 2.75) is 4.90 Å². The monoisotopic (exact) mass is 210 g/mol. The molecule has 0 aliphatic rings. The minimum absolute atomic E-state index is 0.142. The Bertz CT molecular complexity index is 434. The third-order valence-corrected chi connectivity index (χ3v) is 3.56. The van der Waals surface area contributed by atoms with E-state index in [1.165, 1.54) is 19.2 Å². The molecule has 0 radical (unpaired) electrons. The number of benzene rings is 1. The van der Waals surface area contributed by atoms with Gasteiger partial charge in [-0.25, -0.2) is 8.42 Å². The van der Waals surface area contributed by atoms with Crippen molar-refractivity contribution in [2.24, 2.45) is 0 Å². The van der Waals surface area contributed by atoms with Gasteiger partial charge in [0.25, 0.3) is 0 Å². The minimum Gasteiger partial charge on any atom is -0.207 e. The molecule has 0 aromatic heterocycles. The number of sulfonamides is 1. The van der Waals surface area contributed by atoms with Gasteiger partial charge in [-0.05, 0) is 12.1 Å². The van der Waals surface area contributed by atoms with Gasteiger partial charge in [-0.3, -0.25) is 0 Å². The van der Waals surface area contributed by atoms with E-state index < -0.39 is 10.0 Å². The van der Waals surface area contributed by atoms with E-state index in [1.807, 2.05) is 0 Å². The highest BCUT2D eigenvalue weighted by Gasteiger charge is 2.19. The minimum atomic E-state index is -3.49. The maximum Gasteiger partial charge on any atom is 0.243 e. The highest BCUT2D eigenvalue weighted by Crippen LogP contribution is 2.12. The van der Waals surface area contributed by atoms with E-state index in [4.69, 9.17) is 5.26 Å². The molecule has 0 aliphatic heterocycles. The van der Waals surface area contributed by atoms with Crippen molar-refractivity contribution < 1.29 is 8.42 Å². The van der Waals surface area contributed by atoms with Crippen LogP contribution in [0.4, 0.5) is 0 Å². The molecule has 0 aliphatic carbocycles. The summed E-state index contributed by atoms with van der Waals surface area (Å²) < 4.78 is 24.4. The van der Waals surface area contributed by atoms with Crippen LogP contribution in [0.15, 0.2) is 35.2 Å². The molecule has 0 bridgehead atoms. The van der Waals surface area contributed by atoms with Crippen LogP contribution in [0.2, 0.25) is 0 Å². The molecule has 0 saturated heterocycles. The second-order valence-electron chi connectivity index (χ2n) is 2.73. The lowest BCUT2D eigenvalue weighted by molar-refractivity contribution is 0.501. The molecule has 14 heavy (non-hydrogen) atoms. The first-order valence-electron chi connectivity index (χ1n) is 3.97. The molecule has 0 spiro atoms. The van der Waals surface area contributed by atoms with Crippen molar-refractivity contribution in [3.63, 3.8) is 0 Å². The zero-order valence-corrected chi connectivity index (χ0v) is 8.53. The Morgan fingerprint density at radius 2 is 1.93 bits per heavy atom. The summed E-state index contributed by atoms with van der Waals surface area (Å²) in [6.07, 6.45) is 0. The number of hydrogen-bond donors (Lipinski definition) is 0. The summed E-state index contributed by atoms with van der Waals surface area (Å²) in [5.41, 5.74) is 0. The van der Waals surface area contributed by atoms with Crippen molar-refractivity contribution in [3.05, 3.63) is 30.3 Å². The Balaban J connectivity index is 3.05. The van der Waals surface area contributed by atoms with Crippen molar-refractivity contribution in [2.75, 3.05) is 13.6 Å². The van der Waals surface area contributed by atoms with Crippen LogP contribution in [0.3, 0.4) is 0 Å². The van der Waals surface area contributed by atoms with Gasteiger partial charge in [0, 0.05) is 7.05 Å². The third-order valence-electron chi connectivity index (χ3n) is 1.74. The predicted molar refractivity (Wildman–Crippen MR) is 51.9 cm³/mol. The Labute approximate surface area is 83.4 Å². The number of hydrogen-bond acceptors (Lipinski definition) is 3. The van der Waals surface area contributed by atoms with E-state index in [0.717, 1.165) is 4.31 Å². The van der Waals surface area contributed by atoms with E-state index in [9.17, 15) is 8.42 Å². The summed E-state index contributed by atoms with van der Waals surface area (Å²) in [4.78, 5) is 0.206. The Morgan fingerprint density at radius 1 is 1.36 bits per heavy atom. The molecule has 0 atom stereocenters. The lowest BCUT2D eigenvalue weighted by Crippen LogP contribution is -2.27. The van der Waals surface area contributed by atoms with Gasteiger partial charge in [-0.1, -0.05) is 18.2 Å². The molecule has 0 amide bonds. The Hall–Kier alpha value is -1.38. The zero-order valence-electron chi connectivity index (χ0n) is 7.71. The highest BCUT2D eigenvalue weighted by molar-refractivity contribution is 7.89. The van der Waals surface area contributed by atoms with Gasteiger partial charge in [-0.15, -0.1) is 0 Å². The van der Waals surface area contributed by atoms with E-state index in [-0.39, 0.29) is 11.4 Å². The maximum atomic E-state index is 11.7. The third kappa shape index (κ3) is 2.10. The average molecular weight is 210 g/mol. The topological polar surface area (TPSA) is 61.2 Å². The van der Waals surface area contributed by atoms with Crippen LogP contribution in [0, 0.1) is 11.3 Å². The van der Waals surface area contributed by atoms with Crippen LogP contribution in [-0.4, -0.2) is 26.3 Å². The first kappa shape index (κ1) is 10.7. The summed E-state index contributed by atoms with van der Waals surface area (Å²) in [5.74, 6) is 0. The Kier molecular flexibility index (Phi) is 3.23. The summed E-state index contributed by atoms with van der Waals surface area (Å²) in [7, 11) is -2.11. The molecular formula is C9H10N2O2S. The molecule has 0 saturated carbocycles. The number of nitriles is 1. The Morgan fingerprint density at radius 3 is 2.43 bits per heavy atom. The maximum absolute atomic E-state index is 11.7. The van der Waals surface area contributed by atoms with E-state index in [1.54, 1.807) is 24.3 Å². The molecule has 1 aromatic rings. The summed E-state index contributed by atoms with van der Waals surface area (Å²) >= 11 is 0. The fourth-order valence-corrected chi connectivity index (χ4v) is 2.05. The zero-order chi connectivity index (χ0) is 10.6. The second-order valence-corrected chi connectivity index (χ2v) is 4.78. The molecule has 0 fully saturated rings. The summed E-state index contributed by atoms with van der Waals surface area (Å²) in [6.45, 7) is -0.142. The molecule has 0 N–H and O–H groups in total. The van der Waals surface area contributed by atoms with E-state index in [0.29, 0.717) is 0 Å². The van der Waals surface area contributed by atoms with Gasteiger partial charge in [0.15, 0.2) is 0 Å². The number of nitrogens with zero attached hydrogens (tertiary/aromatic N) is 2. The van der Waals surface area contributed by atoms with Gasteiger partial charge in [-0.2, -0.15) is 9.57 Å². The summed E-state index contributed by atoms with van der Waals surface area (Å²) in [6, 6.07) is 9.83. The standard InChI is InChI=1S/C9H10N2O2S/c1-11(8-7-10)14(12,13)9-5-3-2-4-6-9/h2-6H,8H2,1H3. The lowest BCUT2D eigenvalue weighted by Gasteiger charge is -2.12. The van der Waals surface area contributed by atoms with E-state index in [2.05, 4.69) is 0 Å². The molecule has 0 heterocycles. The average Bonchev–Trinajstić information content (AvgIpc) is 2.19. The quantitative estimate of drug-likeness (QED) is 0.694. The van der Waals surface area contributed by atoms with E-state index >= 15 is 0 Å². The molecule has 74 valence electrons. The van der Waals surface area contributed by atoms with Crippen LogP contribution in [-0.2, 0) is 10.0 Å². The largest absolute Gasteiger partial charge is 0.243 e. The van der Waals surface area contributed by atoms with Crippen LogP contribution in [0.1, 0.15) is 0 Å². The fourth-order valence-electron chi connectivity index (χ4n) is 0.957. The molecule has 1 aromatic carbocycles. The van der Waals surface area contributed by atoms with Gasteiger partial charge >= 0.3 is 0 Å². The smallest absolute Gasteiger partial charge is 0.207 e. The van der Waals surface area contributed by atoms with Crippen molar-refractivity contribution in [1.82, 2.24) is 4.31 Å². The van der Waals surface area contributed by atoms with Gasteiger partial charge in [0.1, 0.15) is 6.54 Å². The van der Waals surface area contributed by atoms with Crippen LogP contribution in [0.25, 0.3) is 0 Å². The predicted octanol–water partition coefficient (Wildman–Crippen LogP) is 0.831. The molecule has 0 unspecified atom stereocenters. The van der Waals surface area contributed by atoms with Gasteiger partial charge < -0.3 is 0 Å². The lowest BCUT2D eigenvalue weighted by atomic mass is 10.4. The van der Waals surface area contributed by atoms with Gasteiger partial charge in [0.05, 0.1) is 11.0 Å². The number of rotatable bonds is 3.